The molecule has 1 N–H and O–H groups in total. The van der Waals surface area contributed by atoms with E-state index in [9.17, 15) is 4.79 Å². The number of para-hydroxylation sites is 1. The van der Waals surface area contributed by atoms with Gasteiger partial charge in [0.1, 0.15) is 13.2 Å². The third kappa shape index (κ3) is 3.12. The molecule has 2 aromatic rings. The van der Waals surface area contributed by atoms with Crippen molar-refractivity contribution < 1.29 is 14.3 Å². The first-order chi connectivity index (χ1) is 12.1. The van der Waals surface area contributed by atoms with Crippen LogP contribution in [0.15, 0.2) is 36.4 Å². The molecule has 0 spiro atoms. The van der Waals surface area contributed by atoms with E-state index < -0.39 is 0 Å². The van der Waals surface area contributed by atoms with E-state index in [-0.39, 0.29) is 12.5 Å². The van der Waals surface area contributed by atoms with Crippen molar-refractivity contribution in [2.75, 3.05) is 30.0 Å². The van der Waals surface area contributed by atoms with Crippen molar-refractivity contribution >= 4 is 28.9 Å². The van der Waals surface area contributed by atoms with E-state index in [0.29, 0.717) is 41.5 Å². The van der Waals surface area contributed by atoms with Gasteiger partial charge in [-0.2, -0.15) is 0 Å². The number of fused-ring (bicyclic) bond motifs is 2. The van der Waals surface area contributed by atoms with Crippen LogP contribution in [0.1, 0.15) is 12.5 Å². The molecule has 0 radical (unpaired) electrons. The molecule has 0 fully saturated rings. The Kier molecular flexibility index (Phi) is 4.17. The minimum absolute atomic E-state index is 0.109. The number of hydrogen-bond acceptors (Lipinski definition) is 4. The molecule has 5 nitrogen and oxygen atoms in total. The molecule has 1 unspecified atom stereocenters. The van der Waals surface area contributed by atoms with Gasteiger partial charge >= 0.3 is 0 Å². The fourth-order valence-electron chi connectivity index (χ4n) is 3.37. The fourth-order valence-corrected chi connectivity index (χ4v) is 3.58. The zero-order chi connectivity index (χ0) is 17.4. The van der Waals surface area contributed by atoms with Crippen molar-refractivity contribution in [1.82, 2.24) is 0 Å². The zero-order valence-corrected chi connectivity index (χ0v) is 14.7. The summed E-state index contributed by atoms with van der Waals surface area (Å²) in [4.78, 5) is 14.7. The number of rotatable bonds is 3. The largest absolute Gasteiger partial charge is 0.486 e. The Morgan fingerprint density at radius 3 is 2.76 bits per heavy atom. The molecule has 2 aromatic carbocycles. The average molecular weight is 359 g/mol. The highest BCUT2D eigenvalue weighted by molar-refractivity contribution is 6.34. The summed E-state index contributed by atoms with van der Waals surface area (Å²) in [5.74, 6) is 1.10. The lowest BCUT2D eigenvalue weighted by Gasteiger charge is -2.24. The minimum Gasteiger partial charge on any atom is -0.486 e. The van der Waals surface area contributed by atoms with E-state index in [1.807, 2.05) is 12.1 Å². The van der Waals surface area contributed by atoms with Crippen molar-refractivity contribution in [3.05, 3.63) is 47.0 Å². The molecule has 0 aliphatic carbocycles. The molecule has 0 aromatic heterocycles. The van der Waals surface area contributed by atoms with E-state index in [1.54, 1.807) is 12.1 Å². The van der Waals surface area contributed by atoms with Crippen LogP contribution in [0.5, 0.6) is 11.5 Å². The maximum atomic E-state index is 12.6. The van der Waals surface area contributed by atoms with Crippen LogP contribution in [0.4, 0.5) is 11.4 Å². The van der Waals surface area contributed by atoms with Gasteiger partial charge in [0.25, 0.3) is 0 Å². The first-order valence-electron chi connectivity index (χ1n) is 8.35. The average Bonchev–Trinajstić information content (AvgIpc) is 2.91. The van der Waals surface area contributed by atoms with Crippen LogP contribution in [-0.4, -0.2) is 31.7 Å². The van der Waals surface area contributed by atoms with Crippen LogP contribution >= 0.6 is 11.6 Å². The lowest BCUT2D eigenvalue weighted by Crippen LogP contribution is -2.37. The van der Waals surface area contributed by atoms with Gasteiger partial charge in [0, 0.05) is 23.9 Å². The molecule has 4 rings (SSSR count). The highest BCUT2D eigenvalue weighted by Crippen LogP contribution is 2.38. The van der Waals surface area contributed by atoms with Crippen molar-refractivity contribution in [3.63, 3.8) is 0 Å². The number of anilines is 2. The molecule has 1 amide bonds. The molecule has 130 valence electrons. The molecule has 0 saturated carbocycles. The van der Waals surface area contributed by atoms with Gasteiger partial charge in [-0.3, -0.25) is 4.79 Å². The summed E-state index contributed by atoms with van der Waals surface area (Å²) in [5.41, 5.74) is 2.94. The van der Waals surface area contributed by atoms with Gasteiger partial charge in [-0.1, -0.05) is 29.8 Å². The van der Waals surface area contributed by atoms with Crippen molar-refractivity contribution in [2.24, 2.45) is 0 Å². The van der Waals surface area contributed by atoms with Gasteiger partial charge in [0.2, 0.25) is 5.91 Å². The maximum Gasteiger partial charge on any atom is 0.243 e. The second kappa shape index (κ2) is 6.48. The van der Waals surface area contributed by atoms with Crippen molar-refractivity contribution in [1.29, 1.82) is 0 Å². The van der Waals surface area contributed by atoms with Gasteiger partial charge < -0.3 is 19.7 Å². The Hall–Kier alpha value is -2.40. The standard InChI is InChI=1S/C19H19ClN2O3/c1-12-8-13-4-2-3-5-16(13)22(12)11-19(23)21-15-10-18-17(9-14(15)20)24-6-7-25-18/h2-5,9-10,12H,6-8,11H2,1H3,(H,21,23). The fraction of sp³-hybridized carbons (Fsp3) is 0.316. The first-order valence-corrected chi connectivity index (χ1v) is 8.73. The summed E-state index contributed by atoms with van der Waals surface area (Å²) in [6, 6.07) is 11.9. The number of nitrogens with zero attached hydrogens (tertiary/aromatic N) is 1. The van der Waals surface area contributed by atoms with Gasteiger partial charge in [0.05, 0.1) is 17.3 Å². The normalized spacial score (nSPS) is 18.0. The van der Waals surface area contributed by atoms with Crippen LogP contribution in [0.3, 0.4) is 0 Å². The number of carbonyl (C=O) groups excluding carboxylic acids is 1. The lowest BCUT2D eigenvalue weighted by atomic mass is 10.1. The van der Waals surface area contributed by atoms with Crippen LogP contribution in [0.2, 0.25) is 5.02 Å². The van der Waals surface area contributed by atoms with Crippen LogP contribution < -0.4 is 19.7 Å². The summed E-state index contributed by atoms with van der Waals surface area (Å²) in [5, 5.41) is 3.33. The molecule has 25 heavy (non-hydrogen) atoms. The van der Waals surface area contributed by atoms with Crippen molar-refractivity contribution in [2.45, 2.75) is 19.4 Å². The highest BCUT2D eigenvalue weighted by Gasteiger charge is 2.27. The van der Waals surface area contributed by atoms with Gasteiger partial charge in [-0.25, -0.2) is 0 Å². The predicted octanol–water partition coefficient (Wildman–Crippen LogP) is 3.50. The summed E-state index contributed by atoms with van der Waals surface area (Å²) in [6.07, 6.45) is 0.953. The Morgan fingerprint density at radius 1 is 1.24 bits per heavy atom. The quantitative estimate of drug-likeness (QED) is 0.912. The third-order valence-electron chi connectivity index (χ3n) is 4.57. The molecule has 1 atom stereocenters. The van der Waals surface area contributed by atoms with Crippen LogP contribution in [0, 0.1) is 0 Å². The monoisotopic (exact) mass is 358 g/mol. The molecule has 2 heterocycles. The number of amides is 1. The van der Waals surface area contributed by atoms with Gasteiger partial charge in [-0.05, 0) is 25.0 Å². The Bertz CT molecular complexity index is 824. The Balaban J connectivity index is 1.50. The molecular formula is C19H19ClN2O3. The SMILES string of the molecule is CC1Cc2ccccc2N1CC(=O)Nc1cc2c(cc1Cl)OCCO2. The number of ether oxygens (including phenoxy) is 2. The number of halogens is 1. The van der Waals surface area contributed by atoms with E-state index in [4.69, 9.17) is 21.1 Å². The number of nitrogens with one attached hydrogen (secondary N) is 1. The molecule has 2 aliphatic heterocycles. The second-order valence-electron chi connectivity index (χ2n) is 6.33. The first kappa shape index (κ1) is 16.1. The van der Waals surface area contributed by atoms with Gasteiger partial charge in [0.15, 0.2) is 11.5 Å². The van der Waals surface area contributed by atoms with E-state index in [1.165, 1.54) is 5.56 Å². The lowest BCUT2D eigenvalue weighted by molar-refractivity contribution is -0.115. The van der Waals surface area contributed by atoms with Crippen LogP contribution in [0.25, 0.3) is 0 Å². The summed E-state index contributed by atoms with van der Waals surface area (Å²) >= 11 is 6.27. The molecular weight excluding hydrogens is 340 g/mol. The number of hydrogen-bond donors (Lipinski definition) is 1. The molecule has 2 aliphatic rings. The topological polar surface area (TPSA) is 50.8 Å². The zero-order valence-electron chi connectivity index (χ0n) is 13.9. The molecule has 6 heteroatoms. The highest BCUT2D eigenvalue weighted by atomic mass is 35.5. The van der Waals surface area contributed by atoms with Crippen molar-refractivity contribution in [3.8, 4) is 11.5 Å². The predicted molar refractivity (Wildman–Crippen MR) is 98.0 cm³/mol. The minimum atomic E-state index is -0.109. The summed E-state index contributed by atoms with van der Waals surface area (Å²) in [6.45, 7) is 3.40. The van der Waals surface area contributed by atoms with Gasteiger partial charge in [-0.15, -0.1) is 0 Å². The second-order valence-corrected chi connectivity index (χ2v) is 6.74. The molecule has 0 bridgehead atoms. The Labute approximate surface area is 151 Å². The smallest absolute Gasteiger partial charge is 0.243 e. The van der Waals surface area contributed by atoms with E-state index in [2.05, 4.69) is 29.3 Å². The number of carbonyl (C=O) groups is 1. The summed E-state index contributed by atoms with van der Waals surface area (Å²) < 4.78 is 11.0. The van der Waals surface area contributed by atoms with E-state index >= 15 is 0 Å². The molecule has 0 saturated heterocycles. The van der Waals surface area contributed by atoms with E-state index in [0.717, 1.165) is 12.1 Å². The third-order valence-corrected chi connectivity index (χ3v) is 4.88. The summed E-state index contributed by atoms with van der Waals surface area (Å²) in [7, 11) is 0. The maximum absolute atomic E-state index is 12.6. The number of benzene rings is 2. The van der Waals surface area contributed by atoms with Crippen LogP contribution in [-0.2, 0) is 11.2 Å². The Morgan fingerprint density at radius 2 is 1.96 bits per heavy atom.